The minimum atomic E-state index is -1.38. The van der Waals surface area contributed by atoms with Gasteiger partial charge in [0.1, 0.15) is 18.5 Å². The van der Waals surface area contributed by atoms with Crippen molar-refractivity contribution in [2.75, 3.05) is 6.54 Å². The van der Waals surface area contributed by atoms with Crippen molar-refractivity contribution in [1.82, 2.24) is 25.5 Å². The number of para-hydroxylation sites is 2. The molecule has 11 nitrogen and oxygen atoms in total. The molecule has 0 aliphatic heterocycles. The highest BCUT2D eigenvalue weighted by Gasteiger charge is 2.22. The zero-order valence-electron chi connectivity index (χ0n) is 23.2. The van der Waals surface area contributed by atoms with Crippen molar-refractivity contribution in [1.29, 1.82) is 0 Å². The third-order valence-electron chi connectivity index (χ3n) is 6.45. The number of carboxylic acid groups (broad SMARTS) is 1. The Morgan fingerprint density at radius 2 is 1.64 bits per heavy atom. The summed E-state index contributed by atoms with van der Waals surface area (Å²) in [5.41, 5.74) is 3.60. The van der Waals surface area contributed by atoms with Crippen molar-refractivity contribution < 1.29 is 29.0 Å². The van der Waals surface area contributed by atoms with Crippen LogP contribution in [0.4, 0.5) is 4.79 Å². The first-order valence-electron chi connectivity index (χ1n) is 13.6. The van der Waals surface area contributed by atoms with Crippen molar-refractivity contribution in [2.45, 2.75) is 45.5 Å². The summed E-state index contributed by atoms with van der Waals surface area (Å²) < 4.78 is 5.07. The molecule has 1 heterocycles. The third-order valence-corrected chi connectivity index (χ3v) is 6.45. The van der Waals surface area contributed by atoms with Crippen LogP contribution in [-0.4, -0.2) is 56.4 Å². The van der Waals surface area contributed by atoms with Gasteiger partial charge in [-0.2, -0.15) is 0 Å². The van der Waals surface area contributed by atoms with E-state index in [1.165, 1.54) is 0 Å². The number of imidazole rings is 1. The van der Waals surface area contributed by atoms with E-state index in [-0.39, 0.29) is 19.1 Å². The molecule has 3 aromatic carbocycles. The zero-order valence-corrected chi connectivity index (χ0v) is 23.2. The maximum atomic E-state index is 12.9. The minimum Gasteiger partial charge on any atom is -0.480 e. The molecule has 0 saturated carbocycles. The van der Waals surface area contributed by atoms with Gasteiger partial charge in [0, 0.05) is 25.1 Å². The number of alkyl carbamates (subject to hydrolysis) is 1. The molecule has 0 radical (unpaired) electrons. The Morgan fingerprint density at radius 1 is 0.929 bits per heavy atom. The molecule has 0 fully saturated rings. The van der Waals surface area contributed by atoms with Crippen LogP contribution in [0.3, 0.4) is 0 Å². The number of rotatable bonds is 13. The molecule has 0 unspecified atom stereocenters. The van der Waals surface area contributed by atoms with Gasteiger partial charge < -0.3 is 30.4 Å². The van der Waals surface area contributed by atoms with E-state index in [0.717, 1.165) is 22.2 Å². The second kappa shape index (κ2) is 14.4. The molecule has 1 atom stereocenters. The van der Waals surface area contributed by atoms with Gasteiger partial charge in [0.2, 0.25) is 5.91 Å². The van der Waals surface area contributed by atoms with Gasteiger partial charge in [-0.25, -0.2) is 14.6 Å². The number of H-pyrrole nitrogens is 1. The summed E-state index contributed by atoms with van der Waals surface area (Å²) in [7, 11) is 0. The van der Waals surface area contributed by atoms with E-state index in [0.29, 0.717) is 37.3 Å². The number of aliphatic carboxylic acids is 1. The van der Waals surface area contributed by atoms with Crippen LogP contribution in [-0.2, 0) is 34.0 Å². The molecule has 42 heavy (non-hydrogen) atoms. The molecule has 4 aromatic rings. The number of fused-ring (bicyclic) bond motifs is 1. The van der Waals surface area contributed by atoms with Crippen molar-refractivity contribution in [3.05, 3.63) is 101 Å². The molecular formula is C31H33N5O6. The fourth-order valence-corrected chi connectivity index (χ4v) is 4.25. The van der Waals surface area contributed by atoms with Crippen LogP contribution in [0, 0.1) is 0 Å². The number of amides is 3. The molecule has 0 bridgehead atoms. The number of ether oxygens (including phenoxy) is 1. The molecule has 0 aliphatic rings. The topological polar surface area (TPSA) is 154 Å². The number of carbonyl (C=O) groups is 4. The number of nitrogens with zero attached hydrogens (tertiary/aromatic N) is 2. The van der Waals surface area contributed by atoms with E-state index in [9.17, 15) is 24.3 Å². The first-order chi connectivity index (χ1) is 20.3. The fourth-order valence-electron chi connectivity index (χ4n) is 4.25. The van der Waals surface area contributed by atoms with Crippen LogP contribution >= 0.6 is 0 Å². The number of aromatic amines is 1. The lowest BCUT2D eigenvalue weighted by molar-refractivity contribution is -0.139. The molecule has 4 N–H and O–H groups in total. The van der Waals surface area contributed by atoms with Crippen LogP contribution in [0.2, 0.25) is 0 Å². The Bertz CT molecular complexity index is 1490. The van der Waals surface area contributed by atoms with Gasteiger partial charge in [-0.1, -0.05) is 61.5 Å². The van der Waals surface area contributed by atoms with Crippen molar-refractivity contribution in [2.24, 2.45) is 0 Å². The van der Waals surface area contributed by atoms with Crippen LogP contribution in [0.25, 0.3) is 11.0 Å². The Morgan fingerprint density at radius 3 is 2.33 bits per heavy atom. The first kappa shape index (κ1) is 29.8. The van der Waals surface area contributed by atoms with E-state index in [1.54, 1.807) is 53.4 Å². The maximum absolute atomic E-state index is 12.9. The van der Waals surface area contributed by atoms with Crippen LogP contribution in [0.15, 0.2) is 78.9 Å². The molecule has 3 amide bonds. The van der Waals surface area contributed by atoms with E-state index < -0.39 is 24.0 Å². The predicted molar refractivity (Wildman–Crippen MR) is 155 cm³/mol. The second-order valence-corrected chi connectivity index (χ2v) is 9.70. The lowest BCUT2D eigenvalue weighted by atomic mass is 10.1. The van der Waals surface area contributed by atoms with E-state index in [1.807, 2.05) is 37.3 Å². The first-order valence-corrected chi connectivity index (χ1v) is 13.6. The highest BCUT2D eigenvalue weighted by atomic mass is 16.5. The van der Waals surface area contributed by atoms with Crippen molar-refractivity contribution >= 4 is 34.9 Å². The van der Waals surface area contributed by atoms with Gasteiger partial charge in [-0.3, -0.25) is 9.59 Å². The molecule has 0 saturated heterocycles. The highest BCUT2D eigenvalue weighted by Crippen LogP contribution is 2.15. The summed E-state index contributed by atoms with van der Waals surface area (Å²) in [6.45, 7) is 2.23. The molecule has 1 aromatic heterocycles. The van der Waals surface area contributed by atoms with Gasteiger partial charge in [0.15, 0.2) is 0 Å². The number of carbonyl (C=O) groups excluding carboxylic acids is 3. The molecule has 0 aliphatic carbocycles. The summed E-state index contributed by atoms with van der Waals surface area (Å²) in [5, 5.41) is 14.3. The Kier molecular flexibility index (Phi) is 10.2. The van der Waals surface area contributed by atoms with Gasteiger partial charge in [0.05, 0.1) is 17.6 Å². The van der Waals surface area contributed by atoms with E-state index in [4.69, 9.17) is 4.74 Å². The molecular weight excluding hydrogens is 538 g/mol. The van der Waals surface area contributed by atoms with Gasteiger partial charge in [-0.15, -0.1) is 0 Å². The fraction of sp³-hybridized carbons (Fsp3) is 0.258. The molecule has 218 valence electrons. The number of hydrogen-bond donors (Lipinski definition) is 4. The summed E-state index contributed by atoms with van der Waals surface area (Å²) in [4.78, 5) is 58.8. The highest BCUT2D eigenvalue weighted by molar-refractivity contribution is 5.94. The molecule has 4 rings (SSSR count). The third kappa shape index (κ3) is 8.40. The summed E-state index contributed by atoms with van der Waals surface area (Å²) in [6.07, 6.45) is 0.208. The van der Waals surface area contributed by atoms with Crippen molar-refractivity contribution in [3.63, 3.8) is 0 Å². The van der Waals surface area contributed by atoms with Gasteiger partial charge in [0.25, 0.3) is 5.91 Å². The normalized spacial score (nSPS) is 11.5. The van der Waals surface area contributed by atoms with E-state index >= 15 is 0 Å². The largest absolute Gasteiger partial charge is 0.480 e. The quantitative estimate of drug-likeness (QED) is 0.189. The number of benzene rings is 3. The lowest BCUT2D eigenvalue weighted by Crippen LogP contribution is -2.48. The minimum absolute atomic E-state index is 0.00529. The molecule has 0 spiro atoms. The zero-order chi connectivity index (χ0) is 29.9. The number of nitrogens with one attached hydrogen (secondary N) is 3. The average molecular weight is 572 g/mol. The summed E-state index contributed by atoms with van der Waals surface area (Å²) in [5.74, 6) is -1.14. The standard InChI is InChI=1S/C31H33N5O6/c1-2-8-28(37)36(19-27-33-24-11-6-7-12-25(24)34-27)18-21-13-15-23(16-14-21)29(38)32-17-26(30(39)40)35-31(41)42-20-22-9-4-3-5-10-22/h3-7,9-16,26H,2,8,17-20H2,1H3,(H,32,38)(H,33,34)(H,35,41)(H,39,40)/t26-/m0/s1. The smallest absolute Gasteiger partial charge is 0.408 e. The lowest BCUT2D eigenvalue weighted by Gasteiger charge is -2.22. The van der Waals surface area contributed by atoms with Gasteiger partial charge in [-0.05, 0) is 41.8 Å². The Balaban J connectivity index is 1.32. The number of aromatic nitrogens is 2. The van der Waals surface area contributed by atoms with Gasteiger partial charge >= 0.3 is 12.1 Å². The summed E-state index contributed by atoms with van der Waals surface area (Å²) in [6, 6.07) is 21.9. The SMILES string of the molecule is CCCC(=O)N(Cc1ccc(C(=O)NC[C@H](NC(=O)OCc2ccccc2)C(=O)O)cc1)Cc1nc2ccccc2[nH]1. The second-order valence-electron chi connectivity index (χ2n) is 9.70. The van der Waals surface area contributed by atoms with Crippen LogP contribution < -0.4 is 10.6 Å². The molecule has 11 heteroatoms. The maximum Gasteiger partial charge on any atom is 0.408 e. The van der Waals surface area contributed by atoms with Crippen LogP contribution in [0.5, 0.6) is 0 Å². The average Bonchev–Trinajstić information content (AvgIpc) is 3.41. The number of hydrogen-bond acceptors (Lipinski definition) is 6. The summed E-state index contributed by atoms with van der Waals surface area (Å²) >= 11 is 0. The Labute approximate surface area is 242 Å². The van der Waals surface area contributed by atoms with Crippen LogP contribution in [0.1, 0.15) is 47.1 Å². The predicted octanol–water partition coefficient (Wildman–Crippen LogP) is 4.00. The Hall–Kier alpha value is -5.19. The number of carboxylic acids is 1. The monoisotopic (exact) mass is 571 g/mol. The van der Waals surface area contributed by atoms with E-state index in [2.05, 4.69) is 20.6 Å². The van der Waals surface area contributed by atoms with Crippen molar-refractivity contribution in [3.8, 4) is 0 Å².